The molecule has 10 rings (SSSR count). The second-order valence-electron chi connectivity index (χ2n) is 14.2. The zero-order valence-electron chi connectivity index (χ0n) is 30.8. The molecule has 266 valence electrons. The largest absolute Gasteiger partial charge is 0.308 e. The molecule has 2 heterocycles. The molecule has 58 heavy (non-hydrogen) atoms. The number of nitrogens with zero attached hydrogens (tertiary/aromatic N) is 6. The Kier molecular flexibility index (Phi) is 7.92. The van der Waals surface area contributed by atoms with Gasteiger partial charge < -0.3 is 9.13 Å². The van der Waals surface area contributed by atoms with Crippen LogP contribution in [0.2, 0.25) is 0 Å². The Bertz CT molecular complexity index is 3250. The van der Waals surface area contributed by atoms with Crippen molar-refractivity contribution in [3.05, 3.63) is 198 Å². The molecule has 6 nitrogen and oxygen atoms in total. The lowest BCUT2D eigenvalue weighted by Crippen LogP contribution is -2.00. The Morgan fingerprint density at radius 3 is 1.22 bits per heavy atom. The van der Waals surface area contributed by atoms with Crippen LogP contribution in [-0.4, -0.2) is 9.13 Å². The number of aromatic nitrogens is 2. The van der Waals surface area contributed by atoms with Crippen molar-refractivity contribution in [2.24, 2.45) is 0 Å². The predicted octanol–water partition coefficient (Wildman–Crippen LogP) is 13.0. The van der Waals surface area contributed by atoms with Crippen molar-refractivity contribution < 1.29 is 0 Å². The minimum absolute atomic E-state index is 0.531. The van der Waals surface area contributed by atoms with E-state index in [0.717, 1.165) is 88.4 Å². The SMILES string of the molecule is [C-]#[N+]c1ccc(-c2ccc3c4ccccc4n(-c4cc(-c5ccc(C#N)c(-n6c7ccccc7c7ccc(-c8ccc(C#N)cc8)cc76)c5)ccc4C#N)c3c2)cc1. The van der Waals surface area contributed by atoms with Crippen molar-refractivity contribution in [1.29, 1.82) is 15.8 Å². The van der Waals surface area contributed by atoms with Crippen LogP contribution in [0.3, 0.4) is 0 Å². The molecule has 0 saturated carbocycles. The monoisotopic (exact) mass is 736 g/mol. The summed E-state index contributed by atoms with van der Waals surface area (Å²) in [6.07, 6.45) is 0. The summed E-state index contributed by atoms with van der Waals surface area (Å²) in [5.74, 6) is 0. The van der Waals surface area contributed by atoms with Gasteiger partial charge in [-0.15, -0.1) is 0 Å². The van der Waals surface area contributed by atoms with E-state index in [0.29, 0.717) is 22.4 Å². The standard InChI is InChI=1S/C52H28N6/c1-56-42-22-18-35(19-23-42)37-21-25-46-44-7-3-5-9-48(44)58(52(46)29-37)50-27-39(15-17-41(50)32-55)38-14-16-40(31-54)49(26-38)57-47-8-4-2-6-43(47)45-24-20-36(28-51(45)57)34-12-10-33(30-53)11-13-34/h2-29H. The van der Waals surface area contributed by atoms with Crippen LogP contribution in [-0.2, 0) is 0 Å². The highest BCUT2D eigenvalue weighted by Crippen LogP contribution is 2.40. The highest BCUT2D eigenvalue weighted by Gasteiger charge is 2.20. The van der Waals surface area contributed by atoms with E-state index >= 15 is 0 Å². The predicted molar refractivity (Wildman–Crippen MR) is 232 cm³/mol. The van der Waals surface area contributed by atoms with Crippen molar-refractivity contribution in [2.75, 3.05) is 0 Å². The lowest BCUT2D eigenvalue weighted by molar-refractivity contribution is 1.16. The van der Waals surface area contributed by atoms with E-state index in [1.54, 1.807) is 0 Å². The van der Waals surface area contributed by atoms with Crippen LogP contribution in [0.4, 0.5) is 5.69 Å². The van der Waals surface area contributed by atoms with Crippen LogP contribution in [0.1, 0.15) is 16.7 Å². The summed E-state index contributed by atoms with van der Waals surface area (Å²) < 4.78 is 4.34. The first-order valence-corrected chi connectivity index (χ1v) is 18.7. The Balaban J connectivity index is 1.17. The van der Waals surface area contributed by atoms with Crippen molar-refractivity contribution in [3.63, 3.8) is 0 Å². The van der Waals surface area contributed by atoms with E-state index in [1.165, 1.54) is 0 Å². The molecule has 0 fully saturated rings. The van der Waals surface area contributed by atoms with Crippen LogP contribution in [0.5, 0.6) is 0 Å². The normalized spacial score (nSPS) is 11.0. The van der Waals surface area contributed by atoms with Gasteiger partial charge in [0.1, 0.15) is 12.1 Å². The van der Waals surface area contributed by atoms with E-state index < -0.39 is 0 Å². The molecule has 0 aliphatic rings. The molecule has 0 unspecified atom stereocenters. The van der Waals surface area contributed by atoms with Crippen molar-refractivity contribution >= 4 is 49.3 Å². The van der Waals surface area contributed by atoms with E-state index in [1.807, 2.05) is 97.1 Å². The second kappa shape index (κ2) is 13.6. The number of hydrogen-bond acceptors (Lipinski definition) is 3. The zero-order chi connectivity index (χ0) is 39.3. The van der Waals surface area contributed by atoms with Crippen molar-refractivity contribution in [3.8, 4) is 63.0 Å². The number of fused-ring (bicyclic) bond motifs is 6. The molecule has 0 spiro atoms. The third kappa shape index (κ3) is 5.38. The van der Waals surface area contributed by atoms with E-state index in [2.05, 4.69) is 105 Å². The molecule has 6 heteroatoms. The van der Waals surface area contributed by atoms with Crippen LogP contribution in [0.15, 0.2) is 170 Å². The molecular weight excluding hydrogens is 709 g/mol. The highest BCUT2D eigenvalue weighted by molar-refractivity contribution is 6.11. The van der Waals surface area contributed by atoms with Crippen LogP contribution in [0.25, 0.3) is 93.2 Å². The Hall–Kier alpha value is -8.68. The van der Waals surface area contributed by atoms with Gasteiger partial charge in [0, 0.05) is 21.5 Å². The Labute approximate surface area is 334 Å². The molecule has 0 aliphatic heterocycles. The van der Waals surface area contributed by atoms with Gasteiger partial charge in [0.25, 0.3) is 0 Å². The average molecular weight is 737 g/mol. The lowest BCUT2D eigenvalue weighted by Gasteiger charge is -2.15. The van der Waals surface area contributed by atoms with Crippen LogP contribution >= 0.6 is 0 Å². The summed E-state index contributed by atoms with van der Waals surface area (Å²) >= 11 is 0. The summed E-state index contributed by atoms with van der Waals surface area (Å²) in [6.45, 7) is 7.38. The molecule has 0 bridgehead atoms. The van der Waals surface area contributed by atoms with Gasteiger partial charge in [0.15, 0.2) is 5.69 Å². The second-order valence-corrected chi connectivity index (χ2v) is 14.2. The average Bonchev–Trinajstić information content (AvgIpc) is 3.80. The lowest BCUT2D eigenvalue weighted by atomic mass is 9.99. The fraction of sp³-hybridized carbons (Fsp3) is 0. The van der Waals surface area contributed by atoms with Gasteiger partial charge in [-0.05, 0) is 94.0 Å². The van der Waals surface area contributed by atoms with Gasteiger partial charge in [-0.1, -0.05) is 109 Å². The Morgan fingerprint density at radius 1 is 0.379 bits per heavy atom. The highest BCUT2D eigenvalue weighted by atomic mass is 15.0. The van der Waals surface area contributed by atoms with Gasteiger partial charge >= 0.3 is 0 Å². The maximum absolute atomic E-state index is 10.5. The van der Waals surface area contributed by atoms with Gasteiger partial charge in [0.05, 0.1) is 62.8 Å². The molecule has 10 aromatic rings. The van der Waals surface area contributed by atoms with E-state index in [4.69, 9.17) is 6.57 Å². The Morgan fingerprint density at radius 2 is 0.776 bits per heavy atom. The summed E-state index contributed by atoms with van der Waals surface area (Å²) in [4.78, 5) is 3.56. The molecule has 0 aliphatic carbocycles. The first-order chi connectivity index (χ1) is 28.6. The van der Waals surface area contributed by atoms with Crippen molar-refractivity contribution in [2.45, 2.75) is 0 Å². The van der Waals surface area contributed by atoms with Crippen molar-refractivity contribution in [1.82, 2.24) is 9.13 Å². The minimum Gasteiger partial charge on any atom is -0.308 e. The molecule has 0 radical (unpaired) electrons. The minimum atomic E-state index is 0.531. The number of rotatable bonds is 5. The molecule has 0 saturated heterocycles. The van der Waals surface area contributed by atoms with E-state index in [-0.39, 0.29) is 0 Å². The molecule has 0 atom stereocenters. The smallest absolute Gasteiger partial charge is 0.187 e. The third-order valence-electron chi connectivity index (χ3n) is 11.1. The summed E-state index contributed by atoms with van der Waals surface area (Å²) in [5.41, 5.74) is 13.4. The quantitative estimate of drug-likeness (QED) is 0.165. The van der Waals surface area contributed by atoms with Gasteiger partial charge in [-0.2, -0.15) is 15.8 Å². The molecule has 8 aromatic carbocycles. The number of nitriles is 3. The van der Waals surface area contributed by atoms with Crippen LogP contribution < -0.4 is 0 Å². The van der Waals surface area contributed by atoms with Gasteiger partial charge in [0.2, 0.25) is 0 Å². The maximum atomic E-state index is 10.5. The number of hydrogen-bond donors (Lipinski definition) is 0. The van der Waals surface area contributed by atoms with Crippen LogP contribution in [0, 0.1) is 40.6 Å². The fourth-order valence-electron chi connectivity index (χ4n) is 8.27. The maximum Gasteiger partial charge on any atom is 0.187 e. The number of benzene rings is 8. The summed E-state index contributed by atoms with van der Waals surface area (Å²) in [6, 6.07) is 63.4. The van der Waals surface area contributed by atoms with Gasteiger partial charge in [-0.3, -0.25) is 0 Å². The molecular formula is C52H28N6. The summed E-state index contributed by atoms with van der Waals surface area (Å²) in [5, 5.41) is 34.7. The zero-order valence-corrected chi connectivity index (χ0v) is 30.8. The first-order valence-electron chi connectivity index (χ1n) is 18.7. The molecule has 2 aromatic heterocycles. The fourth-order valence-corrected chi connectivity index (χ4v) is 8.27. The first kappa shape index (κ1) is 33.9. The van der Waals surface area contributed by atoms with E-state index in [9.17, 15) is 15.8 Å². The topological polar surface area (TPSA) is 85.6 Å². The molecule has 0 N–H and O–H groups in total. The third-order valence-corrected chi connectivity index (χ3v) is 11.1. The molecule has 0 amide bonds. The van der Waals surface area contributed by atoms with Gasteiger partial charge in [-0.25, -0.2) is 4.85 Å². The summed E-state index contributed by atoms with van der Waals surface area (Å²) in [7, 11) is 0. The number of para-hydroxylation sites is 2.